The second-order valence-electron chi connectivity index (χ2n) is 8.21. The minimum atomic E-state index is 0. The van der Waals surface area contributed by atoms with E-state index < -0.39 is 0 Å². The Morgan fingerprint density at radius 1 is 1.00 bits per heavy atom. The highest BCUT2D eigenvalue weighted by Crippen LogP contribution is 2.30. The van der Waals surface area contributed by atoms with Crippen molar-refractivity contribution in [2.75, 3.05) is 19.7 Å². The van der Waals surface area contributed by atoms with Crippen molar-refractivity contribution in [2.45, 2.75) is 31.6 Å². The van der Waals surface area contributed by atoms with Gasteiger partial charge in [0.1, 0.15) is 25.0 Å². The van der Waals surface area contributed by atoms with Crippen LogP contribution in [0.3, 0.4) is 0 Å². The fraction of sp³-hybridized carbons (Fsp3) is 0.308. The predicted octanol–water partition coefficient (Wildman–Crippen LogP) is 4.59. The van der Waals surface area contributed by atoms with E-state index in [4.69, 9.17) is 9.47 Å². The van der Waals surface area contributed by atoms with Gasteiger partial charge >= 0.3 is 0 Å². The van der Waals surface area contributed by atoms with Gasteiger partial charge in [-0.1, -0.05) is 48.5 Å². The summed E-state index contributed by atoms with van der Waals surface area (Å²) in [6, 6.07) is 23.5. The van der Waals surface area contributed by atoms with Crippen LogP contribution in [-0.4, -0.2) is 40.6 Å². The minimum Gasteiger partial charge on any atom is -0.492 e. The molecule has 2 heterocycles. The molecule has 2 atom stereocenters. The molecule has 33 heavy (non-hydrogen) atoms. The second-order valence-corrected chi connectivity index (χ2v) is 8.21. The molecule has 1 saturated heterocycles. The molecular formula is C26H29ClN4O2. The first-order valence-corrected chi connectivity index (χ1v) is 11.2. The lowest BCUT2D eigenvalue weighted by molar-refractivity contribution is 0.0106. The molecule has 1 fully saturated rings. The highest BCUT2D eigenvalue weighted by molar-refractivity contribution is 5.85. The Kier molecular flexibility index (Phi) is 7.94. The van der Waals surface area contributed by atoms with Crippen LogP contribution in [0.2, 0.25) is 0 Å². The van der Waals surface area contributed by atoms with Crippen molar-refractivity contribution in [1.29, 1.82) is 0 Å². The molecule has 0 spiro atoms. The van der Waals surface area contributed by atoms with E-state index in [9.17, 15) is 0 Å². The van der Waals surface area contributed by atoms with Crippen LogP contribution in [0.4, 0.5) is 0 Å². The van der Waals surface area contributed by atoms with Gasteiger partial charge in [-0.15, -0.1) is 12.4 Å². The molecular weight excluding hydrogens is 436 g/mol. The number of nitrogens with one attached hydrogen (secondary N) is 1. The summed E-state index contributed by atoms with van der Waals surface area (Å²) in [7, 11) is 0. The summed E-state index contributed by atoms with van der Waals surface area (Å²) in [4.78, 5) is 3.95. The zero-order valence-electron chi connectivity index (χ0n) is 18.5. The van der Waals surface area contributed by atoms with Gasteiger partial charge in [0.15, 0.2) is 0 Å². The maximum Gasteiger partial charge on any atom is 0.137 e. The number of fused-ring (bicyclic) bond motifs is 1. The quantitative estimate of drug-likeness (QED) is 0.413. The summed E-state index contributed by atoms with van der Waals surface area (Å²) in [6.45, 7) is 3.75. The fourth-order valence-corrected chi connectivity index (χ4v) is 4.33. The van der Waals surface area contributed by atoms with E-state index >= 15 is 0 Å². The number of halogens is 1. The second kappa shape index (κ2) is 11.3. The van der Waals surface area contributed by atoms with Gasteiger partial charge in [-0.2, -0.15) is 5.10 Å². The Hall–Kier alpha value is -2.93. The number of aromatic nitrogens is 3. The number of nitrogens with zero attached hydrogens (tertiary/aromatic N) is 3. The molecule has 4 aromatic rings. The Balaban J connectivity index is 0.00000259. The zero-order valence-corrected chi connectivity index (χ0v) is 19.3. The van der Waals surface area contributed by atoms with E-state index in [2.05, 4.69) is 82.1 Å². The third kappa shape index (κ3) is 5.90. The van der Waals surface area contributed by atoms with Crippen LogP contribution in [0, 0.1) is 0 Å². The molecule has 3 aromatic carbocycles. The van der Waals surface area contributed by atoms with Crippen molar-refractivity contribution in [3.8, 4) is 5.75 Å². The number of ether oxygens (including phenoxy) is 2. The van der Waals surface area contributed by atoms with Gasteiger partial charge < -0.3 is 14.8 Å². The highest BCUT2D eigenvalue weighted by atomic mass is 35.5. The number of hydrogen-bond donors (Lipinski definition) is 1. The van der Waals surface area contributed by atoms with Gasteiger partial charge in [-0.3, -0.25) is 0 Å². The minimum absolute atomic E-state index is 0. The van der Waals surface area contributed by atoms with E-state index in [0.29, 0.717) is 25.7 Å². The van der Waals surface area contributed by atoms with Crippen LogP contribution < -0.4 is 10.1 Å². The molecule has 1 aliphatic rings. The maximum atomic E-state index is 6.41. The van der Waals surface area contributed by atoms with Crippen molar-refractivity contribution in [1.82, 2.24) is 20.1 Å². The first kappa shape index (κ1) is 23.2. The zero-order chi connectivity index (χ0) is 21.6. The predicted molar refractivity (Wildman–Crippen MR) is 132 cm³/mol. The standard InChI is InChI=1S/C26H28N4O2.ClH/c1-2-4-23-15-20(5-6-21(23)3-1)17-32-26-16-27-12-11-25(26)22-7-9-24(10-8-22)31-14-13-30-19-28-18-29-30;/h1-10,15,18-19,25-27H,11-14,16-17H2;1H. The fourth-order valence-electron chi connectivity index (χ4n) is 4.33. The molecule has 0 amide bonds. The van der Waals surface area contributed by atoms with Crippen molar-refractivity contribution in [3.63, 3.8) is 0 Å². The lowest BCUT2D eigenvalue weighted by Crippen LogP contribution is -2.40. The number of rotatable bonds is 8. The summed E-state index contributed by atoms with van der Waals surface area (Å²) >= 11 is 0. The van der Waals surface area contributed by atoms with Gasteiger partial charge in [-0.05, 0) is 53.1 Å². The highest BCUT2D eigenvalue weighted by Gasteiger charge is 2.27. The van der Waals surface area contributed by atoms with Gasteiger partial charge in [0.25, 0.3) is 0 Å². The summed E-state index contributed by atoms with van der Waals surface area (Å²) < 4.78 is 14.0. The molecule has 1 N–H and O–H groups in total. The summed E-state index contributed by atoms with van der Waals surface area (Å²) in [5.74, 6) is 1.25. The van der Waals surface area contributed by atoms with Crippen LogP contribution in [0.15, 0.2) is 79.4 Å². The Labute approximate surface area is 200 Å². The molecule has 0 radical (unpaired) electrons. The van der Waals surface area contributed by atoms with Crippen LogP contribution in [0.5, 0.6) is 5.75 Å². The number of hydrogen-bond acceptors (Lipinski definition) is 5. The molecule has 6 nitrogen and oxygen atoms in total. The van der Waals surface area contributed by atoms with Gasteiger partial charge in [0.05, 0.1) is 19.3 Å². The average Bonchev–Trinajstić information content (AvgIpc) is 3.37. The molecule has 1 aliphatic heterocycles. The van der Waals surface area contributed by atoms with Gasteiger partial charge in [-0.25, -0.2) is 9.67 Å². The molecule has 1 aromatic heterocycles. The Morgan fingerprint density at radius 2 is 1.85 bits per heavy atom. The Morgan fingerprint density at radius 3 is 2.67 bits per heavy atom. The largest absolute Gasteiger partial charge is 0.492 e. The van der Waals surface area contributed by atoms with E-state index in [-0.39, 0.29) is 18.5 Å². The van der Waals surface area contributed by atoms with Crippen LogP contribution in [0.1, 0.15) is 23.5 Å². The molecule has 7 heteroatoms. The molecule has 0 bridgehead atoms. The van der Waals surface area contributed by atoms with E-state index in [1.54, 1.807) is 11.0 Å². The van der Waals surface area contributed by atoms with Gasteiger partial charge in [0.2, 0.25) is 0 Å². The number of piperidine rings is 1. The third-order valence-corrected chi connectivity index (χ3v) is 6.07. The summed E-state index contributed by atoms with van der Waals surface area (Å²) in [5, 5.41) is 10.1. The first-order valence-electron chi connectivity index (χ1n) is 11.2. The maximum absolute atomic E-state index is 6.41. The lowest BCUT2D eigenvalue weighted by Gasteiger charge is -2.32. The third-order valence-electron chi connectivity index (χ3n) is 6.07. The lowest BCUT2D eigenvalue weighted by atomic mass is 9.87. The average molecular weight is 465 g/mol. The van der Waals surface area contributed by atoms with Crippen molar-refractivity contribution >= 4 is 23.2 Å². The normalized spacial score (nSPS) is 18.1. The molecule has 5 rings (SSSR count). The van der Waals surface area contributed by atoms with Crippen molar-refractivity contribution in [3.05, 3.63) is 90.5 Å². The summed E-state index contributed by atoms with van der Waals surface area (Å²) in [6.07, 6.45) is 4.44. The molecule has 2 unspecified atom stereocenters. The van der Waals surface area contributed by atoms with E-state index in [1.807, 2.05) is 0 Å². The van der Waals surface area contributed by atoms with E-state index in [1.165, 1.54) is 28.2 Å². The monoisotopic (exact) mass is 464 g/mol. The Bertz CT molecular complexity index is 1130. The molecule has 172 valence electrons. The smallest absolute Gasteiger partial charge is 0.137 e. The molecule has 0 saturated carbocycles. The topological polar surface area (TPSA) is 61.2 Å². The van der Waals surface area contributed by atoms with Crippen LogP contribution >= 0.6 is 12.4 Å². The first-order chi connectivity index (χ1) is 15.8. The van der Waals surface area contributed by atoms with Gasteiger partial charge in [0, 0.05) is 12.5 Å². The van der Waals surface area contributed by atoms with Crippen LogP contribution in [-0.2, 0) is 17.9 Å². The van der Waals surface area contributed by atoms with Crippen LogP contribution in [0.25, 0.3) is 10.8 Å². The summed E-state index contributed by atoms with van der Waals surface area (Å²) in [5.41, 5.74) is 2.52. The molecule has 0 aliphatic carbocycles. The SMILES string of the molecule is Cl.c1ccc2cc(COC3CNCCC3c3ccc(OCCn4cncn4)cc3)ccc2c1. The van der Waals surface area contributed by atoms with E-state index in [0.717, 1.165) is 25.3 Å². The van der Waals surface area contributed by atoms with Crippen molar-refractivity contribution in [2.24, 2.45) is 0 Å². The van der Waals surface area contributed by atoms with Crippen molar-refractivity contribution < 1.29 is 9.47 Å². The number of benzene rings is 3.